The molecule has 1 saturated carbocycles. The number of carbonyl (C=O) groups is 1. The summed E-state index contributed by atoms with van der Waals surface area (Å²) in [5, 5.41) is 18.6. The first-order chi connectivity index (χ1) is 9.81. The molecule has 1 rings (SSSR count). The number of hydrogen-bond donors (Lipinski definition) is 2. The average molecular weight is 332 g/mol. The lowest BCUT2D eigenvalue weighted by Crippen LogP contribution is -2.61. The molecule has 0 saturated heterocycles. The van der Waals surface area contributed by atoms with Crippen LogP contribution < -0.4 is 0 Å². The van der Waals surface area contributed by atoms with Gasteiger partial charge in [-0.15, -0.1) is 0 Å². The molecular formula is C13H17F5O4. The second-order valence-corrected chi connectivity index (χ2v) is 5.48. The smallest absolute Gasteiger partial charge is 0.420 e. The molecule has 0 aliphatic heterocycles. The van der Waals surface area contributed by atoms with Crippen molar-refractivity contribution in [2.45, 2.75) is 62.5 Å². The highest BCUT2D eigenvalue weighted by Crippen LogP contribution is 2.46. The van der Waals surface area contributed by atoms with Gasteiger partial charge < -0.3 is 14.9 Å². The standard InChI is InChI=1S/C13H17F5O4/c1-7(2)9(19)22-8-3-5-11(21,6-4-8)12(14,15)10(20)13(16,17)18/h8,10,20-21H,1,3-6H2,2H3. The molecule has 0 radical (unpaired) electrons. The zero-order valence-electron chi connectivity index (χ0n) is 11.8. The minimum atomic E-state index is -5.55. The topological polar surface area (TPSA) is 66.8 Å². The summed E-state index contributed by atoms with van der Waals surface area (Å²) >= 11 is 0. The Hall–Kier alpha value is -1.22. The fraction of sp³-hybridized carbons (Fsp3) is 0.769. The summed E-state index contributed by atoms with van der Waals surface area (Å²) in [5.41, 5.74) is -2.91. The molecular weight excluding hydrogens is 315 g/mol. The first kappa shape index (κ1) is 18.8. The number of carbonyl (C=O) groups excluding carboxylic acids is 1. The van der Waals surface area contributed by atoms with Gasteiger partial charge in [0.2, 0.25) is 6.10 Å². The average Bonchev–Trinajstić information content (AvgIpc) is 2.39. The predicted octanol–water partition coefficient (Wildman–Crippen LogP) is 2.34. The van der Waals surface area contributed by atoms with E-state index in [9.17, 15) is 31.9 Å². The van der Waals surface area contributed by atoms with Crippen molar-refractivity contribution in [2.24, 2.45) is 0 Å². The van der Waals surface area contributed by atoms with Crippen molar-refractivity contribution in [1.82, 2.24) is 0 Å². The molecule has 0 bridgehead atoms. The van der Waals surface area contributed by atoms with Crippen LogP contribution in [-0.2, 0) is 9.53 Å². The summed E-state index contributed by atoms with van der Waals surface area (Å²) in [6.07, 6.45) is -12.3. The third-order valence-corrected chi connectivity index (χ3v) is 3.66. The molecule has 4 nitrogen and oxygen atoms in total. The minimum absolute atomic E-state index is 0.0960. The summed E-state index contributed by atoms with van der Waals surface area (Å²) in [5.74, 6) is -5.49. The summed E-state index contributed by atoms with van der Waals surface area (Å²) < 4.78 is 69.3. The first-order valence-corrected chi connectivity index (χ1v) is 6.53. The molecule has 0 heterocycles. The van der Waals surface area contributed by atoms with Gasteiger partial charge in [-0.05, 0) is 32.6 Å². The highest BCUT2D eigenvalue weighted by Gasteiger charge is 2.65. The van der Waals surface area contributed by atoms with Crippen LogP contribution in [-0.4, -0.2) is 46.1 Å². The van der Waals surface area contributed by atoms with E-state index in [1.54, 1.807) is 0 Å². The Balaban J connectivity index is 2.75. The van der Waals surface area contributed by atoms with Crippen molar-refractivity contribution in [3.8, 4) is 0 Å². The third-order valence-electron chi connectivity index (χ3n) is 3.66. The molecule has 0 spiro atoms. The Bertz CT molecular complexity index is 438. The molecule has 22 heavy (non-hydrogen) atoms. The second-order valence-electron chi connectivity index (χ2n) is 5.48. The molecule has 2 N–H and O–H groups in total. The Labute approximate surface area is 123 Å². The molecule has 1 aliphatic carbocycles. The first-order valence-electron chi connectivity index (χ1n) is 6.53. The SMILES string of the molecule is C=C(C)C(=O)OC1CCC(O)(C(F)(F)C(O)C(F)(F)F)CC1. The molecule has 1 atom stereocenters. The molecule has 0 aromatic heterocycles. The summed E-state index contributed by atoms with van der Waals surface area (Å²) in [6, 6.07) is 0. The number of rotatable bonds is 4. The van der Waals surface area contributed by atoms with E-state index >= 15 is 0 Å². The van der Waals surface area contributed by atoms with Gasteiger partial charge in [0.1, 0.15) is 11.7 Å². The van der Waals surface area contributed by atoms with E-state index in [1.807, 2.05) is 0 Å². The quantitative estimate of drug-likeness (QED) is 0.471. The van der Waals surface area contributed by atoms with Crippen molar-refractivity contribution in [1.29, 1.82) is 0 Å². The highest BCUT2D eigenvalue weighted by molar-refractivity contribution is 5.87. The van der Waals surface area contributed by atoms with E-state index in [1.165, 1.54) is 6.92 Å². The van der Waals surface area contributed by atoms with Crippen LogP contribution >= 0.6 is 0 Å². The zero-order valence-corrected chi connectivity index (χ0v) is 11.8. The van der Waals surface area contributed by atoms with Gasteiger partial charge in [-0.3, -0.25) is 0 Å². The summed E-state index contributed by atoms with van der Waals surface area (Å²) in [6.45, 7) is 4.72. The van der Waals surface area contributed by atoms with Crippen LogP contribution in [0.25, 0.3) is 0 Å². The van der Waals surface area contributed by atoms with Crippen LogP contribution in [0.3, 0.4) is 0 Å². The lowest BCUT2D eigenvalue weighted by molar-refractivity contribution is -0.319. The number of esters is 1. The second kappa shape index (κ2) is 6.11. The largest absolute Gasteiger partial charge is 0.459 e. The van der Waals surface area contributed by atoms with Crippen LogP contribution in [0.5, 0.6) is 0 Å². The molecule has 1 fully saturated rings. The zero-order chi connectivity index (χ0) is 17.3. The lowest BCUT2D eigenvalue weighted by Gasteiger charge is -2.42. The van der Waals surface area contributed by atoms with Gasteiger partial charge in [0.25, 0.3) is 0 Å². The predicted molar refractivity (Wildman–Crippen MR) is 65.1 cm³/mol. The van der Waals surface area contributed by atoms with Crippen LogP contribution in [0.2, 0.25) is 0 Å². The molecule has 1 unspecified atom stereocenters. The number of aliphatic hydroxyl groups is 2. The van der Waals surface area contributed by atoms with Crippen LogP contribution in [0.1, 0.15) is 32.6 Å². The van der Waals surface area contributed by atoms with Crippen molar-refractivity contribution in [3.05, 3.63) is 12.2 Å². The Morgan fingerprint density at radius 1 is 1.27 bits per heavy atom. The summed E-state index contributed by atoms with van der Waals surface area (Å²) in [4.78, 5) is 11.3. The fourth-order valence-corrected chi connectivity index (χ4v) is 2.23. The van der Waals surface area contributed by atoms with Crippen molar-refractivity contribution in [2.75, 3.05) is 0 Å². The number of hydrogen-bond acceptors (Lipinski definition) is 4. The van der Waals surface area contributed by atoms with Gasteiger partial charge in [-0.25, -0.2) is 13.6 Å². The van der Waals surface area contributed by atoms with E-state index in [4.69, 9.17) is 9.84 Å². The Kier molecular flexibility index (Phi) is 5.23. The molecule has 0 aromatic carbocycles. The number of ether oxygens (including phenoxy) is 1. The minimum Gasteiger partial charge on any atom is -0.459 e. The monoisotopic (exact) mass is 332 g/mol. The van der Waals surface area contributed by atoms with Crippen LogP contribution in [0.15, 0.2) is 12.2 Å². The fourth-order valence-electron chi connectivity index (χ4n) is 2.23. The number of alkyl halides is 5. The van der Waals surface area contributed by atoms with Crippen LogP contribution in [0.4, 0.5) is 22.0 Å². The van der Waals surface area contributed by atoms with E-state index in [-0.39, 0.29) is 18.4 Å². The Morgan fingerprint density at radius 3 is 2.09 bits per heavy atom. The van der Waals surface area contributed by atoms with E-state index in [0.29, 0.717) is 0 Å². The van der Waals surface area contributed by atoms with Gasteiger partial charge in [0.05, 0.1) is 0 Å². The molecule has 0 amide bonds. The van der Waals surface area contributed by atoms with Crippen molar-refractivity contribution in [3.63, 3.8) is 0 Å². The third kappa shape index (κ3) is 3.75. The lowest BCUT2D eigenvalue weighted by atomic mass is 9.77. The Morgan fingerprint density at radius 2 is 1.73 bits per heavy atom. The van der Waals surface area contributed by atoms with Gasteiger partial charge >= 0.3 is 18.1 Å². The van der Waals surface area contributed by atoms with E-state index in [2.05, 4.69) is 6.58 Å². The molecule has 128 valence electrons. The number of halogens is 5. The van der Waals surface area contributed by atoms with E-state index < -0.39 is 48.7 Å². The molecule has 1 aliphatic rings. The number of aliphatic hydroxyl groups excluding tert-OH is 1. The van der Waals surface area contributed by atoms with Gasteiger partial charge in [0.15, 0.2) is 0 Å². The van der Waals surface area contributed by atoms with Crippen molar-refractivity contribution >= 4 is 5.97 Å². The normalized spacial score (nSPS) is 28.1. The molecule has 9 heteroatoms. The highest BCUT2D eigenvalue weighted by atomic mass is 19.4. The maximum absolute atomic E-state index is 13.8. The van der Waals surface area contributed by atoms with E-state index in [0.717, 1.165) is 0 Å². The summed E-state index contributed by atoms with van der Waals surface area (Å²) in [7, 11) is 0. The van der Waals surface area contributed by atoms with Crippen LogP contribution in [0, 0.1) is 0 Å². The van der Waals surface area contributed by atoms with Gasteiger partial charge in [0, 0.05) is 5.57 Å². The van der Waals surface area contributed by atoms with Gasteiger partial charge in [-0.2, -0.15) is 13.2 Å². The maximum atomic E-state index is 13.8. The molecule has 0 aromatic rings. The van der Waals surface area contributed by atoms with Gasteiger partial charge in [-0.1, -0.05) is 6.58 Å². The van der Waals surface area contributed by atoms with Crippen molar-refractivity contribution < 1.29 is 41.7 Å². The maximum Gasteiger partial charge on any atom is 0.420 e.